The highest BCUT2D eigenvalue weighted by atomic mass is 16.6. The van der Waals surface area contributed by atoms with Crippen LogP contribution >= 0.6 is 0 Å². The summed E-state index contributed by atoms with van der Waals surface area (Å²) < 4.78 is 0. The lowest BCUT2D eigenvalue weighted by atomic mass is 9.44. The van der Waals surface area contributed by atoms with Crippen molar-refractivity contribution in [1.82, 2.24) is 0 Å². The van der Waals surface area contributed by atoms with Crippen molar-refractivity contribution in [3.8, 4) is 0 Å². The minimum Gasteiger partial charge on any atom is -0.399 e. The second-order valence-electron chi connectivity index (χ2n) is 12.7. The Labute approximate surface area is 187 Å². The zero-order valence-corrected chi connectivity index (χ0v) is 20.9. The van der Waals surface area contributed by atoms with Gasteiger partial charge in [0, 0.05) is 0 Å². The molecule has 0 saturated heterocycles. The van der Waals surface area contributed by atoms with Crippen LogP contribution in [0.5, 0.6) is 0 Å². The third-order valence-electron chi connectivity index (χ3n) is 10.9. The summed E-state index contributed by atoms with van der Waals surface area (Å²) in [6.07, 6.45) is 17.0. The molecule has 4 saturated carbocycles. The Hall–Kier alpha value is -0.530. The molecule has 4 rings (SSSR count). The van der Waals surface area contributed by atoms with Crippen molar-refractivity contribution in [1.29, 1.82) is 0 Å². The quantitative estimate of drug-likeness (QED) is 0.401. The molecule has 0 bridgehead atoms. The van der Waals surface area contributed by atoms with Crippen LogP contribution in [0.1, 0.15) is 112 Å². The van der Waals surface area contributed by atoms with Crippen LogP contribution in [-0.4, -0.2) is 12.8 Å². The molecule has 2 nitrogen and oxygen atoms in total. The van der Waals surface area contributed by atoms with Gasteiger partial charge in [-0.25, -0.2) is 0 Å². The first-order valence-corrected chi connectivity index (χ1v) is 13.4. The van der Waals surface area contributed by atoms with E-state index in [2.05, 4.69) is 39.8 Å². The summed E-state index contributed by atoms with van der Waals surface area (Å²) >= 11 is 0. The molecule has 0 aromatic rings. The van der Waals surface area contributed by atoms with Crippen LogP contribution in [-0.2, 0) is 4.84 Å². The highest BCUT2D eigenvalue weighted by Crippen LogP contribution is 2.68. The lowest BCUT2D eigenvalue weighted by molar-refractivity contribution is -0.105. The van der Waals surface area contributed by atoms with Gasteiger partial charge in [0.2, 0.25) is 0 Å². The first-order valence-electron chi connectivity index (χ1n) is 13.4. The number of hydrogen-bond donors (Lipinski definition) is 0. The van der Waals surface area contributed by atoms with E-state index in [0.29, 0.717) is 10.8 Å². The van der Waals surface area contributed by atoms with E-state index in [1.165, 1.54) is 82.8 Å². The minimum absolute atomic E-state index is 0.554. The van der Waals surface area contributed by atoms with Gasteiger partial charge in [0.25, 0.3) is 0 Å². The van der Waals surface area contributed by atoms with Crippen LogP contribution in [0.2, 0.25) is 0 Å². The van der Waals surface area contributed by atoms with Crippen LogP contribution < -0.4 is 0 Å². The number of hydrogen-bond acceptors (Lipinski definition) is 2. The molecule has 0 spiro atoms. The van der Waals surface area contributed by atoms with E-state index in [4.69, 9.17) is 4.84 Å². The van der Waals surface area contributed by atoms with Crippen LogP contribution in [0.15, 0.2) is 5.16 Å². The van der Waals surface area contributed by atoms with Gasteiger partial charge in [0.1, 0.15) is 7.11 Å². The average Bonchev–Trinajstić information content (AvgIpc) is 3.05. The van der Waals surface area contributed by atoms with Crippen molar-refractivity contribution in [2.75, 3.05) is 7.11 Å². The number of oxime groups is 1. The molecule has 0 aromatic heterocycles. The van der Waals surface area contributed by atoms with E-state index in [0.717, 1.165) is 41.4 Å². The predicted molar refractivity (Wildman–Crippen MR) is 128 cm³/mol. The van der Waals surface area contributed by atoms with Gasteiger partial charge in [0.05, 0.1) is 5.71 Å². The van der Waals surface area contributed by atoms with Crippen LogP contribution in [0.4, 0.5) is 0 Å². The fourth-order valence-corrected chi connectivity index (χ4v) is 9.30. The smallest absolute Gasteiger partial charge is 0.106 e. The first-order chi connectivity index (χ1) is 14.3. The van der Waals surface area contributed by atoms with Gasteiger partial charge in [0.15, 0.2) is 0 Å². The Morgan fingerprint density at radius 1 is 0.933 bits per heavy atom. The topological polar surface area (TPSA) is 21.6 Å². The second kappa shape index (κ2) is 8.78. The van der Waals surface area contributed by atoms with Gasteiger partial charge in [-0.1, -0.05) is 59.0 Å². The molecule has 8 atom stereocenters. The van der Waals surface area contributed by atoms with Gasteiger partial charge in [-0.2, -0.15) is 0 Å². The van der Waals surface area contributed by atoms with Gasteiger partial charge in [-0.15, -0.1) is 0 Å². The molecule has 0 heterocycles. The maximum Gasteiger partial charge on any atom is 0.106 e. The second-order valence-corrected chi connectivity index (χ2v) is 12.7. The molecule has 0 N–H and O–H groups in total. The highest BCUT2D eigenvalue weighted by molar-refractivity contribution is 5.85. The zero-order valence-electron chi connectivity index (χ0n) is 20.9. The molecular formula is C28H49NO. The molecule has 0 aromatic carbocycles. The van der Waals surface area contributed by atoms with Crippen LogP contribution in [0.3, 0.4) is 0 Å². The monoisotopic (exact) mass is 415 g/mol. The maximum atomic E-state index is 5.13. The summed E-state index contributed by atoms with van der Waals surface area (Å²) in [6.45, 7) is 12.8. The molecule has 0 radical (unpaired) electrons. The summed E-state index contributed by atoms with van der Waals surface area (Å²) in [4.78, 5) is 5.13. The molecule has 4 aliphatic rings. The SMILES string of the molecule is CO/N=C1\CC[C@@]2(C)C(CC[C@H]3[C@@H]4CC[C@H]([C@H](C)CCCC(C)C)[C@@]4(C)CC[C@@H]32)C1. The molecule has 0 amide bonds. The van der Waals surface area contributed by atoms with Crippen molar-refractivity contribution >= 4 is 5.71 Å². The highest BCUT2D eigenvalue weighted by Gasteiger charge is 2.60. The van der Waals surface area contributed by atoms with Gasteiger partial charge < -0.3 is 4.84 Å². The van der Waals surface area contributed by atoms with Crippen LogP contribution in [0.25, 0.3) is 0 Å². The Bertz CT molecular complexity index is 626. The normalized spacial score (nSPS) is 45.7. The maximum absolute atomic E-state index is 5.13. The lowest BCUT2D eigenvalue weighted by Gasteiger charge is -2.60. The average molecular weight is 416 g/mol. The fraction of sp³-hybridized carbons (Fsp3) is 0.964. The van der Waals surface area contributed by atoms with E-state index in [9.17, 15) is 0 Å². The third kappa shape index (κ3) is 3.88. The van der Waals surface area contributed by atoms with E-state index >= 15 is 0 Å². The first kappa shape index (κ1) is 22.7. The summed E-state index contributed by atoms with van der Waals surface area (Å²) in [6, 6.07) is 0. The zero-order chi connectivity index (χ0) is 21.5. The molecule has 0 aliphatic heterocycles. The van der Waals surface area contributed by atoms with E-state index < -0.39 is 0 Å². The van der Waals surface area contributed by atoms with E-state index in [-0.39, 0.29) is 0 Å². The largest absolute Gasteiger partial charge is 0.399 e. The third-order valence-corrected chi connectivity index (χ3v) is 10.9. The Morgan fingerprint density at radius 3 is 2.43 bits per heavy atom. The molecule has 2 heteroatoms. The standard InChI is InChI=1S/C28H49NO/c1-19(2)8-7-9-20(3)24-12-13-25-23-11-10-21-18-22(29-30-6)14-16-27(21,4)26(23)15-17-28(24,25)5/h19-21,23-26H,7-18H2,1-6H3/b29-22+/t20-,21?,23+,24-,25+,26+,27+,28-/m1/s1. The Balaban J connectivity index is 1.45. The lowest BCUT2D eigenvalue weighted by Crippen LogP contribution is -2.53. The van der Waals surface area contributed by atoms with Crippen molar-refractivity contribution in [3.05, 3.63) is 0 Å². The van der Waals surface area contributed by atoms with E-state index in [1.807, 2.05) is 0 Å². The summed E-state index contributed by atoms with van der Waals surface area (Å²) in [5.74, 6) is 6.57. The minimum atomic E-state index is 0.554. The number of rotatable bonds is 6. The molecule has 4 aliphatic carbocycles. The molecule has 172 valence electrons. The summed E-state index contributed by atoms with van der Waals surface area (Å²) in [5.41, 5.74) is 2.51. The van der Waals surface area contributed by atoms with Crippen molar-refractivity contribution in [2.24, 2.45) is 57.4 Å². The summed E-state index contributed by atoms with van der Waals surface area (Å²) in [5, 5.41) is 4.36. The number of fused-ring (bicyclic) bond motifs is 5. The molecule has 4 fully saturated rings. The van der Waals surface area contributed by atoms with Crippen molar-refractivity contribution < 1.29 is 4.84 Å². The van der Waals surface area contributed by atoms with E-state index in [1.54, 1.807) is 7.11 Å². The fourth-order valence-electron chi connectivity index (χ4n) is 9.30. The van der Waals surface area contributed by atoms with Gasteiger partial charge >= 0.3 is 0 Å². The summed E-state index contributed by atoms with van der Waals surface area (Å²) in [7, 11) is 1.71. The Morgan fingerprint density at radius 2 is 1.70 bits per heavy atom. The number of nitrogens with zero attached hydrogens (tertiary/aromatic N) is 1. The van der Waals surface area contributed by atoms with Crippen LogP contribution in [0, 0.1) is 52.3 Å². The molecular weight excluding hydrogens is 366 g/mol. The Kier molecular flexibility index (Phi) is 6.63. The van der Waals surface area contributed by atoms with Crippen molar-refractivity contribution in [3.63, 3.8) is 0 Å². The van der Waals surface area contributed by atoms with Crippen molar-refractivity contribution in [2.45, 2.75) is 112 Å². The molecule has 30 heavy (non-hydrogen) atoms. The molecule has 1 unspecified atom stereocenters. The van der Waals surface area contributed by atoms with Gasteiger partial charge in [-0.3, -0.25) is 0 Å². The van der Waals surface area contributed by atoms with Gasteiger partial charge in [-0.05, 0) is 110 Å². The predicted octanol–water partition coefficient (Wildman–Crippen LogP) is 8.11.